The van der Waals surface area contributed by atoms with Gasteiger partial charge in [0, 0.05) is 35.0 Å². The van der Waals surface area contributed by atoms with Gasteiger partial charge in [-0.25, -0.2) is 12.8 Å². The third-order valence-electron chi connectivity index (χ3n) is 3.62. The highest BCUT2D eigenvalue weighted by Crippen LogP contribution is 2.21. The van der Waals surface area contributed by atoms with Gasteiger partial charge in [-0.2, -0.15) is 5.10 Å². The molecule has 0 unspecified atom stereocenters. The summed E-state index contributed by atoms with van der Waals surface area (Å²) in [7, 11) is -3.98. The predicted octanol–water partition coefficient (Wildman–Crippen LogP) is 3.43. The lowest BCUT2D eigenvalue weighted by Gasteiger charge is -2.07. The monoisotopic (exact) mass is 410 g/mol. The number of aromatic nitrogens is 2. The Kier molecular flexibility index (Phi) is 5.10. The van der Waals surface area contributed by atoms with E-state index in [0.717, 1.165) is 24.3 Å². The summed E-state index contributed by atoms with van der Waals surface area (Å²) in [5.41, 5.74) is 0.00652. The fourth-order valence-corrected chi connectivity index (χ4v) is 3.51. The Labute approximate surface area is 158 Å². The van der Waals surface area contributed by atoms with Gasteiger partial charge in [-0.1, -0.05) is 17.7 Å². The number of rotatable bonds is 6. The molecule has 0 saturated heterocycles. The highest BCUT2D eigenvalue weighted by molar-refractivity contribution is 7.92. The van der Waals surface area contributed by atoms with E-state index < -0.39 is 20.8 Å². The van der Waals surface area contributed by atoms with Crippen LogP contribution in [-0.4, -0.2) is 23.1 Å². The molecule has 11 heteroatoms. The lowest BCUT2D eigenvalue weighted by Crippen LogP contribution is -2.14. The van der Waals surface area contributed by atoms with Crippen molar-refractivity contribution in [1.82, 2.24) is 9.78 Å². The summed E-state index contributed by atoms with van der Waals surface area (Å²) in [5, 5.41) is 14.9. The third-order valence-corrected chi connectivity index (χ3v) is 5.34. The summed E-state index contributed by atoms with van der Waals surface area (Å²) in [5.74, 6) is -0.480. The molecule has 27 heavy (non-hydrogen) atoms. The molecule has 2 aromatic carbocycles. The molecule has 0 aliphatic rings. The van der Waals surface area contributed by atoms with E-state index in [4.69, 9.17) is 11.6 Å². The number of sulfonamides is 1. The molecule has 1 N–H and O–H groups in total. The van der Waals surface area contributed by atoms with E-state index >= 15 is 0 Å². The van der Waals surface area contributed by atoms with Crippen molar-refractivity contribution in [1.29, 1.82) is 0 Å². The van der Waals surface area contributed by atoms with E-state index in [0.29, 0.717) is 0 Å². The number of nitro benzene ring substituents is 1. The lowest BCUT2D eigenvalue weighted by molar-refractivity contribution is -0.384. The molecular weight excluding hydrogens is 399 g/mol. The predicted molar refractivity (Wildman–Crippen MR) is 96.6 cm³/mol. The van der Waals surface area contributed by atoms with Gasteiger partial charge in [-0.15, -0.1) is 0 Å². The van der Waals surface area contributed by atoms with Crippen LogP contribution in [0, 0.1) is 15.9 Å². The van der Waals surface area contributed by atoms with Crippen LogP contribution < -0.4 is 4.72 Å². The zero-order valence-corrected chi connectivity index (χ0v) is 15.1. The van der Waals surface area contributed by atoms with E-state index in [1.165, 1.54) is 29.1 Å². The molecule has 0 atom stereocenters. The van der Waals surface area contributed by atoms with E-state index in [-0.39, 0.29) is 33.5 Å². The Morgan fingerprint density at radius 2 is 1.89 bits per heavy atom. The Bertz CT molecular complexity index is 1080. The average molecular weight is 411 g/mol. The number of nitro groups is 1. The second-order valence-corrected chi connectivity index (χ2v) is 7.54. The molecule has 0 aliphatic heterocycles. The number of nitrogens with zero attached hydrogens (tertiary/aromatic N) is 3. The summed E-state index contributed by atoms with van der Waals surface area (Å²) < 4.78 is 42.1. The smallest absolute Gasteiger partial charge is 0.266 e. The summed E-state index contributed by atoms with van der Waals surface area (Å²) in [6.45, 7) is 0.0186. The van der Waals surface area contributed by atoms with Crippen molar-refractivity contribution in [2.45, 2.75) is 11.4 Å². The first kappa shape index (κ1) is 18.8. The largest absolute Gasteiger partial charge is 0.269 e. The van der Waals surface area contributed by atoms with Crippen LogP contribution in [0.1, 0.15) is 5.56 Å². The molecule has 1 heterocycles. The van der Waals surface area contributed by atoms with E-state index in [2.05, 4.69) is 9.82 Å². The van der Waals surface area contributed by atoms with Gasteiger partial charge >= 0.3 is 0 Å². The van der Waals surface area contributed by atoms with Crippen LogP contribution in [0.5, 0.6) is 0 Å². The number of hydrogen-bond donors (Lipinski definition) is 1. The van der Waals surface area contributed by atoms with Crippen LogP contribution in [0.25, 0.3) is 0 Å². The number of benzene rings is 2. The molecule has 3 rings (SSSR count). The molecule has 1 aromatic heterocycles. The lowest BCUT2D eigenvalue weighted by atomic mass is 10.2. The molecular formula is C16H12ClFN4O4S. The van der Waals surface area contributed by atoms with Crippen LogP contribution in [0.2, 0.25) is 5.02 Å². The van der Waals surface area contributed by atoms with Crippen molar-refractivity contribution in [2.75, 3.05) is 4.72 Å². The normalized spacial score (nSPS) is 11.3. The van der Waals surface area contributed by atoms with Gasteiger partial charge in [0.15, 0.2) is 5.82 Å². The number of anilines is 1. The van der Waals surface area contributed by atoms with Gasteiger partial charge in [-0.05, 0) is 24.3 Å². The number of nitrogens with one attached hydrogen (secondary N) is 1. The van der Waals surface area contributed by atoms with Crippen molar-refractivity contribution in [3.05, 3.63) is 81.2 Å². The van der Waals surface area contributed by atoms with Crippen LogP contribution in [0.4, 0.5) is 15.9 Å². The SMILES string of the molecule is O=[N+]([O-])c1ccc(S(=O)(=O)Nc2ccn(Cc3c(F)cccc3Cl)n2)cc1. The van der Waals surface area contributed by atoms with E-state index in [1.54, 1.807) is 6.07 Å². The Morgan fingerprint density at radius 3 is 2.52 bits per heavy atom. The Morgan fingerprint density at radius 1 is 1.19 bits per heavy atom. The van der Waals surface area contributed by atoms with Gasteiger partial charge in [-0.3, -0.25) is 19.5 Å². The first-order valence-corrected chi connectivity index (χ1v) is 9.36. The molecule has 0 spiro atoms. The summed E-state index contributed by atoms with van der Waals surface area (Å²) >= 11 is 5.97. The minimum atomic E-state index is -3.98. The maximum absolute atomic E-state index is 13.8. The first-order valence-electron chi connectivity index (χ1n) is 7.50. The highest BCUT2D eigenvalue weighted by atomic mass is 35.5. The minimum Gasteiger partial charge on any atom is -0.266 e. The van der Waals surface area contributed by atoms with Gasteiger partial charge in [0.25, 0.3) is 15.7 Å². The van der Waals surface area contributed by atoms with Crippen LogP contribution >= 0.6 is 11.6 Å². The van der Waals surface area contributed by atoms with Crippen molar-refractivity contribution in [3.63, 3.8) is 0 Å². The molecule has 0 aliphatic carbocycles. The number of halogens is 2. The fourth-order valence-electron chi connectivity index (χ4n) is 2.29. The van der Waals surface area contributed by atoms with Crippen molar-refractivity contribution < 1.29 is 17.7 Å². The average Bonchev–Trinajstić information content (AvgIpc) is 3.05. The van der Waals surface area contributed by atoms with Gasteiger partial charge in [0.2, 0.25) is 0 Å². The third kappa shape index (κ3) is 4.23. The van der Waals surface area contributed by atoms with Gasteiger partial charge < -0.3 is 0 Å². The number of hydrogen-bond acceptors (Lipinski definition) is 5. The van der Waals surface area contributed by atoms with Crippen LogP contribution in [-0.2, 0) is 16.6 Å². The fraction of sp³-hybridized carbons (Fsp3) is 0.0625. The first-order chi connectivity index (χ1) is 12.8. The molecule has 8 nitrogen and oxygen atoms in total. The maximum Gasteiger partial charge on any atom is 0.269 e. The van der Waals surface area contributed by atoms with E-state index in [1.807, 2.05) is 0 Å². The van der Waals surface area contributed by atoms with Crippen LogP contribution in [0.15, 0.2) is 59.6 Å². The molecule has 0 amide bonds. The zero-order chi connectivity index (χ0) is 19.6. The van der Waals surface area contributed by atoms with E-state index in [9.17, 15) is 22.9 Å². The molecule has 0 bridgehead atoms. The highest BCUT2D eigenvalue weighted by Gasteiger charge is 2.17. The summed E-state index contributed by atoms with van der Waals surface area (Å²) in [6.07, 6.45) is 1.47. The molecule has 0 saturated carbocycles. The Balaban J connectivity index is 1.77. The quantitative estimate of drug-likeness (QED) is 0.494. The Hall–Kier alpha value is -2.98. The molecule has 0 radical (unpaired) electrons. The summed E-state index contributed by atoms with van der Waals surface area (Å²) in [4.78, 5) is 9.87. The number of non-ortho nitro benzene ring substituents is 1. The zero-order valence-electron chi connectivity index (χ0n) is 13.5. The standard InChI is InChI=1S/C16H12ClFN4O4S/c17-14-2-1-3-15(18)13(14)10-21-9-8-16(19-21)20-27(25,26)12-6-4-11(5-7-12)22(23)24/h1-9H,10H2,(H,19,20). The summed E-state index contributed by atoms with van der Waals surface area (Å²) in [6, 6.07) is 10.1. The van der Waals surface area contributed by atoms with Crippen molar-refractivity contribution in [3.8, 4) is 0 Å². The molecule has 140 valence electrons. The van der Waals surface area contributed by atoms with Crippen molar-refractivity contribution in [2.24, 2.45) is 0 Å². The topological polar surface area (TPSA) is 107 Å². The van der Waals surface area contributed by atoms with Crippen LogP contribution in [0.3, 0.4) is 0 Å². The second kappa shape index (κ2) is 7.33. The molecule has 0 fully saturated rings. The molecule has 3 aromatic rings. The van der Waals surface area contributed by atoms with Gasteiger partial charge in [0.05, 0.1) is 16.4 Å². The van der Waals surface area contributed by atoms with Gasteiger partial charge in [0.1, 0.15) is 5.82 Å². The second-order valence-electron chi connectivity index (χ2n) is 5.46. The maximum atomic E-state index is 13.8. The van der Waals surface area contributed by atoms with Crippen molar-refractivity contribution >= 4 is 33.1 Å². The minimum absolute atomic E-state index is 0.0146.